The van der Waals surface area contributed by atoms with Crippen molar-refractivity contribution in [2.24, 2.45) is 17.8 Å². The van der Waals surface area contributed by atoms with Crippen molar-refractivity contribution in [2.75, 3.05) is 13.4 Å². The Bertz CT molecular complexity index is 281. The topological polar surface area (TPSA) is 44.8 Å². The fraction of sp³-hybridized carbons (Fsp3) is 0.923. The van der Waals surface area contributed by atoms with Crippen molar-refractivity contribution in [3.8, 4) is 0 Å². The molecule has 2 saturated carbocycles. The van der Waals surface area contributed by atoms with Crippen molar-refractivity contribution in [1.82, 2.24) is 0 Å². The Morgan fingerprint density at radius 1 is 1.06 bits per heavy atom. The summed E-state index contributed by atoms with van der Waals surface area (Å²) in [6, 6.07) is 0. The monoisotopic (exact) mass is 240 g/mol. The molecule has 0 bridgehead atoms. The van der Waals surface area contributed by atoms with Crippen LogP contribution in [0.4, 0.5) is 0 Å². The predicted octanol–water partition coefficient (Wildman–Crippen LogP) is 1.73. The molecule has 0 aromatic rings. The highest BCUT2D eigenvalue weighted by atomic mass is 16.7. The number of hydrogen-bond donors (Lipinski definition) is 0. The van der Waals surface area contributed by atoms with E-state index in [4.69, 9.17) is 14.2 Å². The van der Waals surface area contributed by atoms with Crippen LogP contribution in [0.5, 0.6) is 0 Å². The Kier molecular flexibility index (Phi) is 3.34. The van der Waals surface area contributed by atoms with Gasteiger partial charge in [0.25, 0.3) is 6.47 Å². The van der Waals surface area contributed by atoms with Crippen LogP contribution in [0.2, 0.25) is 0 Å². The van der Waals surface area contributed by atoms with Crippen molar-refractivity contribution in [1.29, 1.82) is 0 Å². The van der Waals surface area contributed by atoms with Gasteiger partial charge in [0.1, 0.15) is 6.79 Å². The summed E-state index contributed by atoms with van der Waals surface area (Å²) in [6.45, 7) is 1.64. The van der Waals surface area contributed by atoms with Gasteiger partial charge in [0.15, 0.2) is 0 Å². The van der Waals surface area contributed by atoms with Crippen LogP contribution in [0, 0.1) is 17.8 Å². The Hall–Kier alpha value is -0.610. The molecule has 17 heavy (non-hydrogen) atoms. The summed E-state index contributed by atoms with van der Waals surface area (Å²) in [5, 5.41) is 0. The van der Waals surface area contributed by atoms with Crippen molar-refractivity contribution >= 4 is 6.47 Å². The van der Waals surface area contributed by atoms with Gasteiger partial charge in [0, 0.05) is 0 Å². The van der Waals surface area contributed by atoms with Gasteiger partial charge in [0.05, 0.1) is 18.8 Å². The molecule has 0 aromatic heterocycles. The second kappa shape index (κ2) is 4.94. The van der Waals surface area contributed by atoms with Gasteiger partial charge in [-0.2, -0.15) is 0 Å². The molecular formula is C13H20O4. The summed E-state index contributed by atoms with van der Waals surface area (Å²) in [6.07, 6.45) is 6.59. The summed E-state index contributed by atoms with van der Waals surface area (Å²) < 4.78 is 16.1. The molecule has 1 aliphatic heterocycles. The summed E-state index contributed by atoms with van der Waals surface area (Å²) in [7, 11) is 0. The fourth-order valence-corrected chi connectivity index (χ4v) is 3.81. The third-order valence-corrected chi connectivity index (χ3v) is 4.70. The van der Waals surface area contributed by atoms with E-state index >= 15 is 0 Å². The van der Waals surface area contributed by atoms with Gasteiger partial charge >= 0.3 is 0 Å². The lowest BCUT2D eigenvalue weighted by Crippen LogP contribution is -2.40. The highest BCUT2D eigenvalue weighted by Gasteiger charge is 2.43. The molecule has 2 aliphatic carbocycles. The maximum atomic E-state index is 10.2. The number of ether oxygens (including phenoxy) is 3. The van der Waals surface area contributed by atoms with E-state index in [0.29, 0.717) is 38.0 Å². The summed E-state index contributed by atoms with van der Waals surface area (Å²) >= 11 is 0. The maximum Gasteiger partial charge on any atom is 0.293 e. The molecule has 4 nitrogen and oxygen atoms in total. The lowest BCUT2D eigenvalue weighted by molar-refractivity contribution is -0.130. The zero-order valence-electron chi connectivity index (χ0n) is 10.0. The van der Waals surface area contributed by atoms with Gasteiger partial charge in [-0.15, -0.1) is 0 Å². The average molecular weight is 240 g/mol. The molecular weight excluding hydrogens is 220 g/mol. The summed E-state index contributed by atoms with van der Waals surface area (Å²) in [5.41, 5.74) is 0. The first-order valence-corrected chi connectivity index (χ1v) is 6.65. The van der Waals surface area contributed by atoms with E-state index in [-0.39, 0.29) is 0 Å². The zero-order chi connectivity index (χ0) is 11.7. The molecule has 4 heteroatoms. The number of fused-ring (bicyclic) bond motifs is 2. The van der Waals surface area contributed by atoms with Crippen LogP contribution >= 0.6 is 0 Å². The van der Waals surface area contributed by atoms with Gasteiger partial charge in [-0.05, 0) is 49.9 Å². The second-order valence-electron chi connectivity index (χ2n) is 5.63. The van der Waals surface area contributed by atoms with Gasteiger partial charge in [-0.1, -0.05) is 0 Å². The lowest BCUT2D eigenvalue weighted by Gasteiger charge is -2.42. The molecule has 5 atom stereocenters. The third kappa shape index (κ3) is 2.33. The Labute approximate surface area is 102 Å². The standard InChI is InChI=1S/C13H20O4/c14-7-15-6-9-1-2-10-4-12-13(17-8-16-12)5-11(10)3-9/h7,9-13H,1-6,8H2. The van der Waals surface area contributed by atoms with Crippen LogP contribution in [0.3, 0.4) is 0 Å². The van der Waals surface area contributed by atoms with Crippen LogP contribution < -0.4 is 0 Å². The molecule has 3 rings (SSSR count). The number of rotatable bonds is 3. The van der Waals surface area contributed by atoms with E-state index in [1.54, 1.807) is 0 Å². The maximum absolute atomic E-state index is 10.2. The first kappa shape index (κ1) is 11.5. The smallest absolute Gasteiger partial charge is 0.293 e. The minimum atomic E-state index is 0.321. The normalized spacial score (nSPS) is 44.8. The van der Waals surface area contributed by atoms with Gasteiger partial charge in [-0.3, -0.25) is 4.79 Å². The first-order chi connectivity index (χ1) is 8.36. The Morgan fingerprint density at radius 2 is 1.82 bits per heavy atom. The lowest BCUT2D eigenvalue weighted by atomic mass is 9.66. The molecule has 0 spiro atoms. The molecule has 5 unspecified atom stereocenters. The second-order valence-corrected chi connectivity index (χ2v) is 5.63. The molecule has 0 aromatic carbocycles. The van der Waals surface area contributed by atoms with E-state index < -0.39 is 0 Å². The third-order valence-electron chi connectivity index (χ3n) is 4.70. The van der Waals surface area contributed by atoms with Gasteiger partial charge < -0.3 is 14.2 Å². The minimum absolute atomic E-state index is 0.321. The zero-order valence-corrected chi connectivity index (χ0v) is 10.0. The van der Waals surface area contributed by atoms with E-state index in [1.165, 1.54) is 19.3 Å². The van der Waals surface area contributed by atoms with Crippen molar-refractivity contribution in [2.45, 2.75) is 44.3 Å². The van der Waals surface area contributed by atoms with Crippen molar-refractivity contribution in [3.63, 3.8) is 0 Å². The van der Waals surface area contributed by atoms with Gasteiger partial charge in [0.2, 0.25) is 0 Å². The molecule has 0 amide bonds. The average Bonchev–Trinajstić information content (AvgIpc) is 2.80. The largest absolute Gasteiger partial charge is 0.468 e. The number of hydrogen-bond acceptors (Lipinski definition) is 4. The molecule has 1 saturated heterocycles. The van der Waals surface area contributed by atoms with Crippen molar-refractivity contribution < 1.29 is 19.0 Å². The SMILES string of the molecule is O=COCC1CCC2CC3OCOC3CC2C1. The molecule has 3 aliphatic rings. The molecule has 0 N–H and O–H groups in total. The van der Waals surface area contributed by atoms with E-state index in [2.05, 4.69) is 0 Å². The van der Waals surface area contributed by atoms with Crippen LogP contribution in [0.25, 0.3) is 0 Å². The van der Waals surface area contributed by atoms with Crippen LogP contribution in [0.1, 0.15) is 32.1 Å². The van der Waals surface area contributed by atoms with Crippen LogP contribution in [0.15, 0.2) is 0 Å². The number of carbonyl (C=O) groups excluding carboxylic acids is 1. The summed E-state index contributed by atoms with van der Waals surface area (Å²) in [5.74, 6) is 2.10. The Balaban J connectivity index is 1.57. The quantitative estimate of drug-likeness (QED) is 0.705. The fourth-order valence-electron chi connectivity index (χ4n) is 3.81. The first-order valence-electron chi connectivity index (χ1n) is 6.65. The van der Waals surface area contributed by atoms with Gasteiger partial charge in [-0.25, -0.2) is 0 Å². The van der Waals surface area contributed by atoms with Crippen LogP contribution in [-0.4, -0.2) is 32.1 Å². The highest BCUT2D eigenvalue weighted by Crippen LogP contribution is 2.45. The van der Waals surface area contributed by atoms with Crippen LogP contribution in [-0.2, 0) is 19.0 Å². The molecule has 0 radical (unpaired) electrons. The van der Waals surface area contributed by atoms with Crippen molar-refractivity contribution in [3.05, 3.63) is 0 Å². The predicted molar refractivity (Wildman–Crippen MR) is 60.2 cm³/mol. The van der Waals surface area contributed by atoms with E-state index in [1.807, 2.05) is 0 Å². The van der Waals surface area contributed by atoms with E-state index in [9.17, 15) is 4.79 Å². The molecule has 1 heterocycles. The van der Waals surface area contributed by atoms with E-state index in [0.717, 1.165) is 24.7 Å². The highest BCUT2D eigenvalue weighted by molar-refractivity contribution is 5.36. The summed E-state index contributed by atoms with van der Waals surface area (Å²) in [4.78, 5) is 10.2. The Morgan fingerprint density at radius 3 is 2.59 bits per heavy atom. The molecule has 96 valence electrons. The number of carbonyl (C=O) groups is 1. The molecule has 3 fully saturated rings. The minimum Gasteiger partial charge on any atom is -0.468 e.